The van der Waals surface area contributed by atoms with Crippen molar-refractivity contribution in [1.29, 1.82) is 0 Å². The Hall–Kier alpha value is -2.04. The Kier molecular flexibility index (Phi) is 3.73. The Bertz CT molecular complexity index is 704. The number of para-hydroxylation sites is 2. The van der Waals surface area contributed by atoms with Gasteiger partial charge in [0.1, 0.15) is 6.61 Å². The SMILES string of the molecule is O=C(OCC(=O)C12CC3CC(CC(C3)C1)C2)[C@@H]1COc2ccccc2O1. The van der Waals surface area contributed by atoms with Crippen LogP contribution < -0.4 is 9.47 Å². The average molecular weight is 356 g/mol. The fraction of sp³-hybridized carbons (Fsp3) is 0.619. The van der Waals surface area contributed by atoms with Crippen molar-refractivity contribution in [1.82, 2.24) is 0 Å². The molecule has 0 N–H and O–H groups in total. The van der Waals surface area contributed by atoms with Crippen molar-refractivity contribution < 1.29 is 23.8 Å². The summed E-state index contributed by atoms with van der Waals surface area (Å²) in [5.74, 6) is 2.86. The van der Waals surface area contributed by atoms with E-state index < -0.39 is 12.1 Å². The van der Waals surface area contributed by atoms with Gasteiger partial charge in [-0.15, -0.1) is 0 Å². The first-order valence-electron chi connectivity index (χ1n) is 9.70. The number of fused-ring (bicyclic) bond motifs is 1. The Morgan fingerprint density at radius 1 is 1.00 bits per heavy atom. The van der Waals surface area contributed by atoms with Crippen LogP contribution in [0.3, 0.4) is 0 Å². The van der Waals surface area contributed by atoms with Gasteiger partial charge in [-0.25, -0.2) is 4.79 Å². The third kappa shape index (κ3) is 2.68. The Morgan fingerprint density at radius 3 is 2.27 bits per heavy atom. The fourth-order valence-corrected chi connectivity index (χ4v) is 5.97. The van der Waals surface area contributed by atoms with E-state index in [4.69, 9.17) is 14.2 Å². The van der Waals surface area contributed by atoms with E-state index in [2.05, 4.69) is 0 Å². The number of ketones is 1. The summed E-state index contributed by atoms with van der Waals surface area (Å²) in [5, 5.41) is 0. The third-order valence-corrected chi connectivity index (χ3v) is 6.75. The minimum absolute atomic E-state index is 0.113. The zero-order valence-corrected chi connectivity index (χ0v) is 14.8. The molecule has 0 aromatic heterocycles. The maximum Gasteiger partial charge on any atom is 0.351 e. The Balaban J connectivity index is 1.20. The molecule has 138 valence electrons. The minimum atomic E-state index is -0.811. The quantitative estimate of drug-likeness (QED) is 0.776. The first-order valence-corrected chi connectivity index (χ1v) is 9.70. The Labute approximate surface area is 153 Å². The van der Waals surface area contributed by atoms with Gasteiger partial charge in [0.2, 0.25) is 6.10 Å². The van der Waals surface area contributed by atoms with E-state index >= 15 is 0 Å². The monoisotopic (exact) mass is 356 g/mol. The molecule has 0 spiro atoms. The van der Waals surface area contributed by atoms with Gasteiger partial charge < -0.3 is 14.2 Å². The van der Waals surface area contributed by atoms with Gasteiger partial charge in [-0.1, -0.05) is 12.1 Å². The first kappa shape index (κ1) is 16.2. The molecule has 4 fully saturated rings. The van der Waals surface area contributed by atoms with Crippen LogP contribution in [-0.4, -0.2) is 31.1 Å². The number of Topliss-reactive ketones (excluding diaryl/α,β-unsaturated/α-hetero) is 1. The number of hydrogen-bond donors (Lipinski definition) is 0. The van der Waals surface area contributed by atoms with Crippen molar-refractivity contribution >= 4 is 11.8 Å². The number of carbonyl (C=O) groups excluding carboxylic acids is 2. The predicted octanol–water partition coefficient (Wildman–Crippen LogP) is 3.16. The summed E-state index contributed by atoms with van der Waals surface area (Å²) in [4.78, 5) is 25.3. The summed E-state index contributed by atoms with van der Waals surface area (Å²) in [6.07, 6.45) is 6.04. The zero-order valence-electron chi connectivity index (χ0n) is 14.8. The molecule has 5 nitrogen and oxygen atoms in total. The summed E-state index contributed by atoms with van der Waals surface area (Å²) < 4.78 is 16.6. The zero-order chi connectivity index (χ0) is 17.7. The molecule has 0 amide bonds. The first-order chi connectivity index (χ1) is 12.6. The minimum Gasteiger partial charge on any atom is -0.485 e. The number of ether oxygens (including phenoxy) is 3. The number of hydrogen-bond acceptors (Lipinski definition) is 5. The normalized spacial score (nSPS) is 36.6. The highest BCUT2D eigenvalue weighted by Crippen LogP contribution is 2.60. The molecule has 0 radical (unpaired) electrons. The lowest BCUT2D eigenvalue weighted by Crippen LogP contribution is -2.51. The summed E-state index contributed by atoms with van der Waals surface area (Å²) in [5.41, 5.74) is -0.231. The van der Waals surface area contributed by atoms with Gasteiger partial charge in [-0.3, -0.25) is 4.79 Å². The number of benzene rings is 1. The highest BCUT2D eigenvalue weighted by molar-refractivity contribution is 5.88. The van der Waals surface area contributed by atoms with E-state index in [0.29, 0.717) is 29.3 Å². The van der Waals surface area contributed by atoms with Gasteiger partial charge in [0.25, 0.3) is 0 Å². The van der Waals surface area contributed by atoms with Crippen LogP contribution in [0.4, 0.5) is 0 Å². The summed E-state index contributed by atoms with van der Waals surface area (Å²) >= 11 is 0. The highest BCUT2D eigenvalue weighted by Gasteiger charge is 2.54. The van der Waals surface area contributed by atoms with Gasteiger partial charge in [-0.2, -0.15) is 0 Å². The second-order valence-corrected chi connectivity index (χ2v) is 8.59. The van der Waals surface area contributed by atoms with E-state index in [9.17, 15) is 9.59 Å². The Morgan fingerprint density at radius 2 is 1.62 bits per heavy atom. The van der Waals surface area contributed by atoms with Gasteiger partial charge in [0, 0.05) is 5.41 Å². The summed E-state index contributed by atoms with van der Waals surface area (Å²) in [7, 11) is 0. The average Bonchev–Trinajstić information content (AvgIpc) is 2.64. The lowest BCUT2D eigenvalue weighted by molar-refractivity contribution is -0.163. The number of rotatable bonds is 4. The maximum absolute atomic E-state index is 12.9. The summed E-state index contributed by atoms with van der Waals surface area (Å²) in [6, 6.07) is 7.24. The van der Waals surface area contributed by atoms with Crippen molar-refractivity contribution in [3.63, 3.8) is 0 Å². The van der Waals surface area contributed by atoms with Crippen LogP contribution in [0.15, 0.2) is 24.3 Å². The molecule has 4 bridgehead atoms. The van der Waals surface area contributed by atoms with Crippen LogP contribution in [0.25, 0.3) is 0 Å². The number of esters is 1. The van der Waals surface area contributed by atoms with E-state index in [-0.39, 0.29) is 24.4 Å². The van der Waals surface area contributed by atoms with Crippen LogP contribution in [0.2, 0.25) is 0 Å². The molecular weight excluding hydrogens is 332 g/mol. The molecule has 4 saturated carbocycles. The van der Waals surface area contributed by atoms with E-state index in [1.54, 1.807) is 12.1 Å². The van der Waals surface area contributed by atoms with E-state index in [0.717, 1.165) is 19.3 Å². The summed E-state index contributed by atoms with van der Waals surface area (Å²) in [6.45, 7) is -0.0199. The molecule has 4 aliphatic carbocycles. The second-order valence-electron chi connectivity index (χ2n) is 8.59. The maximum atomic E-state index is 12.9. The molecule has 1 aromatic rings. The van der Waals surface area contributed by atoms with Crippen molar-refractivity contribution in [3.05, 3.63) is 24.3 Å². The van der Waals surface area contributed by atoms with Crippen LogP contribution in [0.1, 0.15) is 38.5 Å². The van der Waals surface area contributed by atoms with Crippen molar-refractivity contribution in [2.45, 2.75) is 44.6 Å². The molecule has 0 saturated heterocycles. The van der Waals surface area contributed by atoms with Crippen LogP contribution in [0.5, 0.6) is 11.5 Å². The van der Waals surface area contributed by atoms with Crippen LogP contribution in [-0.2, 0) is 14.3 Å². The lowest BCUT2D eigenvalue weighted by atomic mass is 9.48. The lowest BCUT2D eigenvalue weighted by Gasteiger charge is -2.55. The largest absolute Gasteiger partial charge is 0.485 e. The van der Waals surface area contributed by atoms with Crippen molar-refractivity contribution in [2.75, 3.05) is 13.2 Å². The molecule has 1 aromatic carbocycles. The van der Waals surface area contributed by atoms with Crippen molar-refractivity contribution in [2.24, 2.45) is 23.2 Å². The fourth-order valence-electron chi connectivity index (χ4n) is 5.97. The number of carbonyl (C=O) groups is 2. The molecule has 0 unspecified atom stereocenters. The van der Waals surface area contributed by atoms with Crippen molar-refractivity contribution in [3.8, 4) is 11.5 Å². The van der Waals surface area contributed by atoms with Gasteiger partial charge in [0.05, 0.1) is 0 Å². The molecule has 5 heteroatoms. The molecular formula is C21H24O5. The second kappa shape index (κ2) is 6.00. The molecule has 1 aliphatic heterocycles. The molecule has 1 atom stereocenters. The van der Waals surface area contributed by atoms with Gasteiger partial charge in [0.15, 0.2) is 23.9 Å². The van der Waals surface area contributed by atoms with Crippen LogP contribution >= 0.6 is 0 Å². The van der Waals surface area contributed by atoms with E-state index in [1.165, 1.54) is 19.3 Å². The third-order valence-electron chi connectivity index (χ3n) is 6.75. The molecule has 6 rings (SSSR count). The van der Waals surface area contributed by atoms with Crippen LogP contribution in [0, 0.1) is 23.2 Å². The smallest absolute Gasteiger partial charge is 0.351 e. The highest BCUT2D eigenvalue weighted by atomic mass is 16.6. The standard InChI is InChI=1S/C21H24O5/c22-19(21-8-13-5-14(9-21)7-15(6-13)10-21)12-25-20(23)18-11-24-16-3-1-2-4-17(16)26-18/h1-4,13-15,18H,5-12H2/t13?,14?,15?,18-,21?/m0/s1. The topological polar surface area (TPSA) is 61.8 Å². The molecule has 1 heterocycles. The molecule has 26 heavy (non-hydrogen) atoms. The predicted molar refractivity (Wildman–Crippen MR) is 92.9 cm³/mol. The van der Waals surface area contributed by atoms with Gasteiger partial charge >= 0.3 is 5.97 Å². The molecule has 5 aliphatic rings. The van der Waals surface area contributed by atoms with Gasteiger partial charge in [-0.05, 0) is 68.4 Å². The van der Waals surface area contributed by atoms with E-state index in [1.807, 2.05) is 12.1 Å².